The molecule has 0 bridgehead atoms. The van der Waals surface area contributed by atoms with E-state index in [1.54, 1.807) is 0 Å². The first-order valence-electron chi connectivity index (χ1n) is 10.6. The fourth-order valence-electron chi connectivity index (χ4n) is 3.50. The molecule has 5 nitrogen and oxygen atoms in total. The van der Waals surface area contributed by atoms with Crippen LogP contribution in [-0.4, -0.2) is 56.7 Å². The van der Waals surface area contributed by atoms with E-state index in [2.05, 4.69) is 39.6 Å². The number of nitrogens with one attached hydrogen (secondary N) is 2. The lowest BCUT2D eigenvalue weighted by Gasteiger charge is -2.33. The van der Waals surface area contributed by atoms with Crippen molar-refractivity contribution >= 4 is 29.9 Å². The van der Waals surface area contributed by atoms with Crippen molar-refractivity contribution < 1.29 is 4.74 Å². The Kier molecular flexibility index (Phi) is 14.4. The molecule has 2 rings (SSSR count). The van der Waals surface area contributed by atoms with Crippen LogP contribution in [0.4, 0.5) is 0 Å². The molecule has 1 heterocycles. The molecule has 0 aromatic heterocycles. The third-order valence-corrected chi connectivity index (χ3v) is 5.20. The largest absolute Gasteiger partial charge is 0.377 e. The molecule has 0 radical (unpaired) electrons. The number of rotatable bonds is 11. The smallest absolute Gasteiger partial charge is 0.190 e. The number of hydrogen-bond donors (Lipinski definition) is 2. The minimum Gasteiger partial charge on any atom is -0.377 e. The Hall–Kier alpha value is -0.860. The minimum atomic E-state index is 0. The van der Waals surface area contributed by atoms with Gasteiger partial charge >= 0.3 is 0 Å². The maximum absolute atomic E-state index is 5.72. The van der Waals surface area contributed by atoms with Gasteiger partial charge in [-0.2, -0.15) is 0 Å². The number of benzene rings is 1. The van der Waals surface area contributed by atoms with E-state index in [9.17, 15) is 0 Å². The summed E-state index contributed by atoms with van der Waals surface area (Å²) in [5.41, 5.74) is 1.24. The number of ether oxygens (including phenoxy) is 1. The second-order valence-corrected chi connectivity index (χ2v) is 7.41. The number of halogens is 1. The van der Waals surface area contributed by atoms with Gasteiger partial charge in [0.05, 0.1) is 6.61 Å². The average Bonchev–Trinajstić information content (AvgIpc) is 2.70. The number of aliphatic imine (C=N–C) groups is 1. The molecule has 1 aromatic rings. The highest BCUT2D eigenvalue weighted by atomic mass is 127. The molecule has 1 atom stereocenters. The summed E-state index contributed by atoms with van der Waals surface area (Å²) in [5.74, 6) is 0.909. The number of nitrogens with zero attached hydrogens (tertiary/aromatic N) is 2. The Morgan fingerprint density at radius 3 is 2.57 bits per heavy atom. The number of hydrogen-bond acceptors (Lipinski definition) is 3. The third kappa shape index (κ3) is 10.6. The van der Waals surface area contributed by atoms with E-state index in [4.69, 9.17) is 4.74 Å². The lowest BCUT2D eigenvalue weighted by atomic mass is 10.0. The average molecular weight is 502 g/mol. The molecular weight excluding hydrogens is 463 g/mol. The van der Waals surface area contributed by atoms with Crippen LogP contribution in [0.2, 0.25) is 0 Å². The predicted octanol–water partition coefficient (Wildman–Crippen LogP) is 4.03. The summed E-state index contributed by atoms with van der Waals surface area (Å²) in [6, 6.07) is 11.1. The molecule has 28 heavy (non-hydrogen) atoms. The van der Waals surface area contributed by atoms with Gasteiger partial charge in [-0.3, -0.25) is 4.99 Å². The Balaban J connectivity index is 0.00000392. The molecule has 0 spiro atoms. The number of likely N-dealkylation sites (tertiary alicyclic amines) is 1. The summed E-state index contributed by atoms with van der Waals surface area (Å²) in [7, 11) is 1.84. The van der Waals surface area contributed by atoms with Gasteiger partial charge in [-0.15, -0.1) is 24.0 Å². The van der Waals surface area contributed by atoms with Crippen molar-refractivity contribution in [1.82, 2.24) is 15.5 Å². The van der Waals surface area contributed by atoms with Crippen LogP contribution < -0.4 is 10.6 Å². The molecule has 0 aliphatic carbocycles. The summed E-state index contributed by atoms with van der Waals surface area (Å²) >= 11 is 0. The van der Waals surface area contributed by atoms with Gasteiger partial charge in [-0.25, -0.2) is 0 Å². The Morgan fingerprint density at radius 2 is 1.86 bits per heavy atom. The number of unbranched alkanes of at least 4 members (excludes halogenated alkanes) is 1. The Labute approximate surface area is 188 Å². The van der Waals surface area contributed by atoms with Crippen LogP contribution in [0.1, 0.15) is 51.0 Å². The topological polar surface area (TPSA) is 48.9 Å². The Morgan fingerprint density at radius 1 is 1.11 bits per heavy atom. The van der Waals surface area contributed by atoms with Crippen LogP contribution in [0.3, 0.4) is 0 Å². The SMILES string of the molecule is CN=C(NCCCCOCc1ccccc1)NCCCN1CCCCC1C.I. The lowest BCUT2D eigenvalue weighted by molar-refractivity contribution is 0.117. The van der Waals surface area contributed by atoms with Crippen molar-refractivity contribution in [2.75, 3.05) is 39.8 Å². The van der Waals surface area contributed by atoms with Crippen LogP contribution in [-0.2, 0) is 11.3 Å². The van der Waals surface area contributed by atoms with Crippen molar-refractivity contribution in [2.45, 2.75) is 58.1 Å². The zero-order valence-corrected chi connectivity index (χ0v) is 20.0. The van der Waals surface area contributed by atoms with Gasteiger partial charge in [0.1, 0.15) is 0 Å². The highest BCUT2D eigenvalue weighted by Crippen LogP contribution is 2.15. The second kappa shape index (κ2) is 16.0. The molecule has 1 aliphatic heterocycles. The predicted molar refractivity (Wildman–Crippen MR) is 130 cm³/mol. The highest BCUT2D eigenvalue weighted by Gasteiger charge is 2.16. The molecule has 0 saturated carbocycles. The van der Waals surface area contributed by atoms with Crippen molar-refractivity contribution in [1.29, 1.82) is 0 Å². The first kappa shape index (κ1) is 25.2. The summed E-state index contributed by atoms with van der Waals surface area (Å²) in [5, 5.41) is 6.82. The second-order valence-electron chi connectivity index (χ2n) is 7.41. The molecule has 1 fully saturated rings. The van der Waals surface area contributed by atoms with Gasteiger partial charge in [-0.1, -0.05) is 36.8 Å². The highest BCUT2D eigenvalue weighted by molar-refractivity contribution is 14.0. The molecule has 6 heteroatoms. The zero-order valence-electron chi connectivity index (χ0n) is 17.7. The van der Waals surface area contributed by atoms with Crippen LogP contribution in [0.15, 0.2) is 35.3 Å². The normalized spacial score (nSPS) is 17.8. The molecule has 0 amide bonds. The maximum atomic E-state index is 5.72. The van der Waals surface area contributed by atoms with Crippen LogP contribution in [0.5, 0.6) is 0 Å². The van der Waals surface area contributed by atoms with E-state index in [1.165, 1.54) is 44.3 Å². The summed E-state index contributed by atoms with van der Waals surface area (Å²) in [4.78, 5) is 6.93. The van der Waals surface area contributed by atoms with Gasteiger partial charge in [0, 0.05) is 39.3 Å². The number of guanidine groups is 1. The molecule has 2 N–H and O–H groups in total. The van der Waals surface area contributed by atoms with E-state index in [0.29, 0.717) is 6.61 Å². The summed E-state index contributed by atoms with van der Waals surface area (Å²) in [6.07, 6.45) is 7.41. The van der Waals surface area contributed by atoms with Gasteiger partial charge < -0.3 is 20.3 Å². The van der Waals surface area contributed by atoms with Crippen molar-refractivity contribution in [3.8, 4) is 0 Å². The fourth-order valence-corrected chi connectivity index (χ4v) is 3.50. The minimum absolute atomic E-state index is 0. The summed E-state index contributed by atoms with van der Waals surface area (Å²) < 4.78 is 5.72. The van der Waals surface area contributed by atoms with E-state index in [-0.39, 0.29) is 24.0 Å². The number of piperidine rings is 1. The van der Waals surface area contributed by atoms with Crippen molar-refractivity contribution in [2.24, 2.45) is 4.99 Å². The van der Waals surface area contributed by atoms with Gasteiger partial charge in [0.15, 0.2) is 5.96 Å². The maximum Gasteiger partial charge on any atom is 0.190 e. The van der Waals surface area contributed by atoms with E-state index in [0.717, 1.165) is 44.5 Å². The van der Waals surface area contributed by atoms with Gasteiger partial charge in [0.2, 0.25) is 0 Å². The third-order valence-electron chi connectivity index (χ3n) is 5.20. The van der Waals surface area contributed by atoms with Crippen molar-refractivity contribution in [3.05, 3.63) is 35.9 Å². The monoisotopic (exact) mass is 502 g/mol. The van der Waals surface area contributed by atoms with Gasteiger partial charge in [-0.05, 0) is 51.1 Å². The summed E-state index contributed by atoms with van der Waals surface area (Å²) in [6.45, 7) is 8.21. The van der Waals surface area contributed by atoms with Crippen LogP contribution >= 0.6 is 24.0 Å². The van der Waals surface area contributed by atoms with E-state index < -0.39 is 0 Å². The van der Waals surface area contributed by atoms with Gasteiger partial charge in [0.25, 0.3) is 0 Å². The molecule has 1 unspecified atom stereocenters. The molecule has 1 aromatic carbocycles. The van der Waals surface area contributed by atoms with Crippen LogP contribution in [0.25, 0.3) is 0 Å². The van der Waals surface area contributed by atoms with E-state index >= 15 is 0 Å². The quantitative estimate of drug-likeness (QED) is 0.208. The lowest BCUT2D eigenvalue weighted by Crippen LogP contribution is -2.41. The van der Waals surface area contributed by atoms with Crippen molar-refractivity contribution in [3.63, 3.8) is 0 Å². The van der Waals surface area contributed by atoms with E-state index in [1.807, 2.05) is 25.2 Å². The molecule has 160 valence electrons. The molecule has 1 saturated heterocycles. The van der Waals surface area contributed by atoms with Crippen LogP contribution in [0, 0.1) is 0 Å². The Bertz CT molecular complexity index is 527. The first-order chi connectivity index (χ1) is 13.3. The molecular formula is C22H39IN4O. The zero-order chi connectivity index (χ0) is 19.2. The fraction of sp³-hybridized carbons (Fsp3) is 0.682. The molecule has 1 aliphatic rings. The standard InChI is InChI=1S/C22H38N4O.HI/c1-20-11-6-8-16-26(20)17-10-15-25-22(23-2)24-14-7-9-18-27-19-21-12-4-3-5-13-21;/h3-5,12-13,20H,6-11,14-19H2,1-2H3,(H2,23,24,25);1H. The first-order valence-corrected chi connectivity index (χ1v) is 10.6.